The molecule has 28 heavy (non-hydrogen) atoms. The molecule has 0 aromatic carbocycles. The third kappa shape index (κ3) is 8.14. The van der Waals surface area contributed by atoms with Crippen LogP contribution in [0.5, 0.6) is 0 Å². The van der Waals surface area contributed by atoms with Crippen molar-refractivity contribution in [1.29, 1.82) is 0 Å². The molecule has 0 aliphatic heterocycles. The number of rotatable bonds is 8. The van der Waals surface area contributed by atoms with E-state index in [1.54, 1.807) is 0 Å². The monoisotopic (exact) mass is 399 g/mol. The molecular formula is C20H37N3O5. The van der Waals surface area contributed by atoms with E-state index in [-0.39, 0.29) is 24.4 Å². The average Bonchev–Trinajstić information content (AvgIpc) is 2.58. The molecule has 0 spiro atoms. The van der Waals surface area contributed by atoms with Gasteiger partial charge in [0, 0.05) is 6.04 Å². The van der Waals surface area contributed by atoms with Gasteiger partial charge in [-0.1, -0.05) is 53.9 Å². The summed E-state index contributed by atoms with van der Waals surface area (Å²) in [5.41, 5.74) is -0.538. The molecule has 162 valence electrons. The minimum absolute atomic E-state index is 0.0173. The molecule has 0 saturated heterocycles. The van der Waals surface area contributed by atoms with Crippen molar-refractivity contribution < 1.29 is 24.7 Å². The third-order valence-electron chi connectivity index (χ3n) is 4.84. The molecule has 1 aliphatic carbocycles. The van der Waals surface area contributed by atoms with Gasteiger partial charge in [0.25, 0.3) is 5.91 Å². The Morgan fingerprint density at radius 3 is 2.18 bits per heavy atom. The second-order valence-electron chi connectivity index (χ2n) is 9.24. The fourth-order valence-corrected chi connectivity index (χ4v) is 3.30. The Hall–Kier alpha value is -1.67. The molecule has 0 aromatic rings. The van der Waals surface area contributed by atoms with E-state index in [9.17, 15) is 24.7 Å². The summed E-state index contributed by atoms with van der Waals surface area (Å²) in [6.45, 7) is 9.23. The normalized spacial score (nSPS) is 17.7. The second-order valence-corrected chi connectivity index (χ2v) is 9.24. The highest BCUT2D eigenvalue weighted by Gasteiger charge is 2.35. The molecule has 0 unspecified atom stereocenters. The Balaban J connectivity index is 2.66. The van der Waals surface area contributed by atoms with Gasteiger partial charge >= 0.3 is 0 Å². The first-order valence-electron chi connectivity index (χ1n) is 10.2. The Kier molecular flexibility index (Phi) is 9.36. The van der Waals surface area contributed by atoms with Crippen molar-refractivity contribution in [2.24, 2.45) is 11.3 Å². The molecular weight excluding hydrogens is 362 g/mol. The van der Waals surface area contributed by atoms with Crippen LogP contribution in [0.3, 0.4) is 0 Å². The summed E-state index contributed by atoms with van der Waals surface area (Å²) >= 11 is 0. The Labute approximate surface area is 168 Å². The van der Waals surface area contributed by atoms with Crippen LogP contribution in [0.1, 0.15) is 73.1 Å². The van der Waals surface area contributed by atoms with Crippen LogP contribution in [0, 0.1) is 11.3 Å². The fourth-order valence-electron chi connectivity index (χ4n) is 3.30. The number of amides is 3. The van der Waals surface area contributed by atoms with E-state index in [4.69, 9.17) is 0 Å². The van der Waals surface area contributed by atoms with Crippen LogP contribution in [0.2, 0.25) is 0 Å². The number of hydroxylamine groups is 2. The molecule has 0 heterocycles. The van der Waals surface area contributed by atoms with Crippen LogP contribution in [-0.4, -0.2) is 57.8 Å². The minimum Gasteiger partial charge on any atom is -0.383 e. The summed E-state index contributed by atoms with van der Waals surface area (Å²) in [6.07, 6.45) is 3.04. The first kappa shape index (κ1) is 24.4. The van der Waals surface area contributed by atoms with E-state index < -0.39 is 35.8 Å². The summed E-state index contributed by atoms with van der Waals surface area (Å²) in [5.74, 6) is -1.78. The standard InChI is InChI=1S/C20H37N3O5/c1-13(2)12-23(28)19(27)15(24)11-16(25)22-17(20(3,4)5)18(26)21-14-9-7-6-8-10-14/h13-15,17,24,28H,6-12H2,1-5H3,(H,21,26)(H,22,25)/t15-,17+/m0/s1. The molecule has 1 saturated carbocycles. The van der Waals surface area contributed by atoms with Gasteiger partial charge in [-0.25, -0.2) is 5.06 Å². The fraction of sp³-hybridized carbons (Fsp3) is 0.850. The van der Waals surface area contributed by atoms with Crippen molar-refractivity contribution in [1.82, 2.24) is 15.7 Å². The number of carbonyl (C=O) groups excluding carboxylic acids is 3. The van der Waals surface area contributed by atoms with Crippen LogP contribution in [0.25, 0.3) is 0 Å². The first-order chi connectivity index (χ1) is 12.9. The zero-order valence-corrected chi connectivity index (χ0v) is 17.8. The lowest BCUT2D eigenvalue weighted by Gasteiger charge is -2.33. The molecule has 3 amide bonds. The van der Waals surface area contributed by atoms with E-state index in [0.29, 0.717) is 5.06 Å². The Morgan fingerprint density at radius 2 is 1.68 bits per heavy atom. The first-order valence-corrected chi connectivity index (χ1v) is 10.2. The van der Waals surface area contributed by atoms with Gasteiger partial charge in [-0.2, -0.15) is 0 Å². The quantitative estimate of drug-likeness (QED) is 0.365. The summed E-state index contributed by atoms with van der Waals surface area (Å²) in [4.78, 5) is 37.1. The van der Waals surface area contributed by atoms with Crippen molar-refractivity contribution in [3.8, 4) is 0 Å². The van der Waals surface area contributed by atoms with Crippen LogP contribution in [0.4, 0.5) is 0 Å². The van der Waals surface area contributed by atoms with Gasteiger partial charge < -0.3 is 15.7 Å². The second kappa shape index (κ2) is 10.8. The summed E-state index contributed by atoms with van der Waals surface area (Å²) < 4.78 is 0. The van der Waals surface area contributed by atoms with E-state index in [1.165, 1.54) is 6.42 Å². The molecule has 1 fully saturated rings. The van der Waals surface area contributed by atoms with Crippen molar-refractivity contribution >= 4 is 17.7 Å². The van der Waals surface area contributed by atoms with Gasteiger partial charge in [0.2, 0.25) is 11.8 Å². The van der Waals surface area contributed by atoms with Crippen LogP contribution in [0.15, 0.2) is 0 Å². The lowest BCUT2D eigenvalue weighted by atomic mass is 9.85. The zero-order valence-electron chi connectivity index (χ0n) is 17.8. The largest absolute Gasteiger partial charge is 0.383 e. The number of nitrogens with zero attached hydrogens (tertiary/aromatic N) is 1. The highest BCUT2D eigenvalue weighted by Crippen LogP contribution is 2.22. The van der Waals surface area contributed by atoms with E-state index in [1.807, 2.05) is 34.6 Å². The van der Waals surface area contributed by atoms with Gasteiger partial charge in [0.05, 0.1) is 13.0 Å². The molecule has 8 heteroatoms. The van der Waals surface area contributed by atoms with Gasteiger partial charge in [-0.15, -0.1) is 0 Å². The van der Waals surface area contributed by atoms with Gasteiger partial charge in [0.1, 0.15) is 12.1 Å². The lowest BCUT2D eigenvalue weighted by molar-refractivity contribution is -0.177. The number of carbonyl (C=O) groups is 3. The van der Waals surface area contributed by atoms with E-state index in [2.05, 4.69) is 10.6 Å². The number of aliphatic hydroxyl groups excluding tert-OH is 1. The highest BCUT2D eigenvalue weighted by atomic mass is 16.5. The molecule has 1 rings (SSSR count). The van der Waals surface area contributed by atoms with Gasteiger partial charge in [-0.3, -0.25) is 19.6 Å². The third-order valence-corrected chi connectivity index (χ3v) is 4.84. The van der Waals surface area contributed by atoms with Crippen molar-refractivity contribution in [2.45, 2.75) is 91.3 Å². The van der Waals surface area contributed by atoms with Crippen LogP contribution < -0.4 is 10.6 Å². The molecule has 4 N–H and O–H groups in total. The molecule has 1 aliphatic rings. The smallest absolute Gasteiger partial charge is 0.275 e. The van der Waals surface area contributed by atoms with Crippen molar-refractivity contribution in [2.75, 3.05) is 6.54 Å². The van der Waals surface area contributed by atoms with Gasteiger partial charge in [0.15, 0.2) is 0 Å². The van der Waals surface area contributed by atoms with E-state index >= 15 is 0 Å². The maximum atomic E-state index is 12.7. The summed E-state index contributed by atoms with van der Waals surface area (Å²) in [6, 6.07) is -0.667. The predicted molar refractivity (Wildman–Crippen MR) is 105 cm³/mol. The number of aliphatic hydroxyl groups is 1. The lowest BCUT2D eigenvalue weighted by Crippen LogP contribution is -2.56. The molecule has 8 nitrogen and oxygen atoms in total. The Bertz CT molecular complexity index is 538. The van der Waals surface area contributed by atoms with Crippen molar-refractivity contribution in [3.05, 3.63) is 0 Å². The SMILES string of the molecule is CC(C)CN(O)C(=O)[C@@H](O)CC(=O)N[C@H](C(=O)NC1CCCCC1)C(C)(C)C. The molecule has 0 bridgehead atoms. The molecule has 2 atom stereocenters. The van der Waals surface area contributed by atoms with Crippen LogP contribution >= 0.6 is 0 Å². The zero-order chi connectivity index (χ0) is 21.5. The summed E-state index contributed by atoms with van der Waals surface area (Å²) in [5, 5.41) is 25.7. The topological polar surface area (TPSA) is 119 Å². The highest BCUT2D eigenvalue weighted by molar-refractivity contribution is 5.91. The maximum absolute atomic E-state index is 12.7. The maximum Gasteiger partial charge on any atom is 0.275 e. The molecule has 0 radical (unpaired) electrons. The number of hydrogen-bond donors (Lipinski definition) is 4. The summed E-state index contributed by atoms with van der Waals surface area (Å²) in [7, 11) is 0. The molecule has 0 aromatic heterocycles. The van der Waals surface area contributed by atoms with E-state index in [0.717, 1.165) is 25.7 Å². The Morgan fingerprint density at radius 1 is 1.11 bits per heavy atom. The average molecular weight is 400 g/mol. The van der Waals surface area contributed by atoms with Crippen molar-refractivity contribution in [3.63, 3.8) is 0 Å². The van der Waals surface area contributed by atoms with Crippen LogP contribution in [-0.2, 0) is 14.4 Å². The predicted octanol–water partition coefficient (Wildman–Crippen LogP) is 1.59. The van der Waals surface area contributed by atoms with Gasteiger partial charge in [-0.05, 0) is 24.2 Å². The number of hydrogen-bond acceptors (Lipinski definition) is 5. The number of nitrogens with one attached hydrogen (secondary N) is 2. The minimum atomic E-state index is -1.66.